The number of amides is 2. The summed E-state index contributed by atoms with van der Waals surface area (Å²) < 4.78 is 4.61. The summed E-state index contributed by atoms with van der Waals surface area (Å²) in [5, 5.41) is 12.6. The van der Waals surface area contributed by atoms with Crippen molar-refractivity contribution in [2.75, 3.05) is 6.54 Å². The number of likely N-dealkylation sites (tertiary alicyclic amines) is 1. The molecule has 2 amide bonds. The summed E-state index contributed by atoms with van der Waals surface area (Å²) in [7, 11) is 0. The summed E-state index contributed by atoms with van der Waals surface area (Å²) in [6.45, 7) is 2.78. The van der Waals surface area contributed by atoms with E-state index in [0.717, 1.165) is 16.3 Å². The van der Waals surface area contributed by atoms with Crippen molar-refractivity contribution in [1.82, 2.24) is 20.5 Å². The first-order chi connectivity index (χ1) is 13.1. The van der Waals surface area contributed by atoms with E-state index < -0.39 is 0 Å². The molecule has 1 unspecified atom stereocenters. The number of hydrogen-bond donors (Lipinski definition) is 1. The summed E-state index contributed by atoms with van der Waals surface area (Å²) in [6, 6.07) is 14.1. The van der Waals surface area contributed by atoms with Crippen molar-refractivity contribution in [2.45, 2.75) is 32.4 Å². The molecule has 0 spiro atoms. The predicted octanol–water partition coefficient (Wildman–Crippen LogP) is 1.99. The molecule has 0 saturated carbocycles. The molecule has 1 aliphatic heterocycles. The first-order valence-corrected chi connectivity index (χ1v) is 8.92. The van der Waals surface area contributed by atoms with Crippen LogP contribution in [0.15, 0.2) is 47.1 Å². The monoisotopic (exact) mass is 364 g/mol. The molecule has 0 aliphatic carbocycles. The zero-order valence-corrected chi connectivity index (χ0v) is 15.0. The molecule has 1 N–H and O–H groups in total. The summed E-state index contributed by atoms with van der Waals surface area (Å²) in [6.07, 6.45) is 0.413. The van der Waals surface area contributed by atoms with Crippen molar-refractivity contribution in [3.63, 3.8) is 0 Å². The molecule has 2 heterocycles. The van der Waals surface area contributed by atoms with E-state index in [4.69, 9.17) is 0 Å². The third-order valence-corrected chi connectivity index (χ3v) is 4.90. The van der Waals surface area contributed by atoms with Crippen molar-refractivity contribution in [3.8, 4) is 0 Å². The molecular weight excluding hydrogens is 344 g/mol. The van der Waals surface area contributed by atoms with Crippen LogP contribution in [-0.2, 0) is 22.6 Å². The Kier molecular flexibility index (Phi) is 4.58. The van der Waals surface area contributed by atoms with Gasteiger partial charge in [-0.05, 0) is 23.3 Å². The molecule has 1 aliphatic rings. The molecule has 27 heavy (non-hydrogen) atoms. The molecule has 1 saturated heterocycles. The molecule has 1 atom stereocenters. The Balaban J connectivity index is 1.40. The van der Waals surface area contributed by atoms with Gasteiger partial charge >= 0.3 is 0 Å². The minimum atomic E-state index is -0.194. The number of aryl methyl sites for hydroxylation is 1. The Morgan fingerprint density at radius 2 is 2.04 bits per heavy atom. The van der Waals surface area contributed by atoms with Crippen LogP contribution in [-0.4, -0.2) is 39.6 Å². The second-order valence-electron chi connectivity index (χ2n) is 6.85. The van der Waals surface area contributed by atoms with Gasteiger partial charge in [0.05, 0.1) is 12.5 Å². The van der Waals surface area contributed by atoms with Crippen molar-refractivity contribution >= 4 is 22.6 Å². The second kappa shape index (κ2) is 7.19. The number of carbonyl (C=O) groups excluding carboxylic acids is 2. The maximum Gasteiger partial charge on any atom is 0.226 e. The standard InChI is InChI=1S/C20H20N4O3/c1-13-18(23-27-22-13)10-19(25)21-16-9-20(26)24(12-16)11-15-7-4-6-14-5-2-3-8-17(14)15/h2-8,16H,9-12H2,1H3,(H,21,25). The number of benzene rings is 2. The average molecular weight is 364 g/mol. The van der Waals surface area contributed by atoms with Gasteiger partial charge in [-0.1, -0.05) is 52.8 Å². The lowest BCUT2D eigenvalue weighted by Gasteiger charge is -2.18. The summed E-state index contributed by atoms with van der Waals surface area (Å²) in [4.78, 5) is 26.4. The van der Waals surface area contributed by atoms with Gasteiger partial charge < -0.3 is 10.2 Å². The van der Waals surface area contributed by atoms with E-state index in [1.165, 1.54) is 0 Å². The van der Waals surface area contributed by atoms with Gasteiger partial charge in [0.25, 0.3) is 0 Å². The third-order valence-electron chi connectivity index (χ3n) is 4.90. The van der Waals surface area contributed by atoms with Crippen LogP contribution in [0.3, 0.4) is 0 Å². The second-order valence-corrected chi connectivity index (χ2v) is 6.85. The number of carbonyl (C=O) groups is 2. The molecule has 0 bridgehead atoms. The van der Waals surface area contributed by atoms with Crippen LogP contribution in [0.1, 0.15) is 23.4 Å². The van der Waals surface area contributed by atoms with Crippen molar-refractivity contribution < 1.29 is 14.2 Å². The molecule has 1 fully saturated rings. The van der Waals surface area contributed by atoms with Crippen molar-refractivity contribution in [1.29, 1.82) is 0 Å². The van der Waals surface area contributed by atoms with E-state index in [9.17, 15) is 9.59 Å². The van der Waals surface area contributed by atoms with E-state index in [0.29, 0.717) is 30.9 Å². The lowest BCUT2D eigenvalue weighted by molar-refractivity contribution is -0.128. The Bertz CT molecular complexity index is 992. The first kappa shape index (κ1) is 17.2. The fraction of sp³-hybridized carbons (Fsp3) is 0.300. The highest BCUT2D eigenvalue weighted by Crippen LogP contribution is 2.22. The molecule has 7 heteroatoms. The van der Waals surface area contributed by atoms with Crippen LogP contribution in [0, 0.1) is 6.92 Å². The van der Waals surface area contributed by atoms with Crippen LogP contribution in [0.25, 0.3) is 10.8 Å². The maximum absolute atomic E-state index is 12.4. The van der Waals surface area contributed by atoms with Gasteiger partial charge in [0.1, 0.15) is 11.4 Å². The lowest BCUT2D eigenvalue weighted by atomic mass is 10.0. The normalized spacial score (nSPS) is 16.9. The molecular formula is C20H20N4O3. The van der Waals surface area contributed by atoms with Gasteiger partial charge in [-0.2, -0.15) is 0 Å². The van der Waals surface area contributed by atoms with E-state index in [1.807, 2.05) is 24.3 Å². The third kappa shape index (κ3) is 3.67. The molecule has 2 aromatic carbocycles. The van der Waals surface area contributed by atoms with Crippen LogP contribution in [0.5, 0.6) is 0 Å². The van der Waals surface area contributed by atoms with E-state index in [-0.39, 0.29) is 24.3 Å². The number of fused-ring (bicyclic) bond motifs is 1. The Hall–Kier alpha value is -3.22. The topological polar surface area (TPSA) is 88.3 Å². The van der Waals surface area contributed by atoms with Gasteiger partial charge in [0.15, 0.2) is 0 Å². The molecule has 138 valence electrons. The Labute approximate surface area is 156 Å². The average Bonchev–Trinajstić information content (AvgIpc) is 3.20. The quantitative estimate of drug-likeness (QED) is 0.748. The zero-order chi connectivity index (χ0) is 18.8. The number of rotatable bonds is 5. The van der Waals surface area contributed by atoms with Gasteiger partial charge in [-0.15, -0.1) is 0 Å². The van der Waals surface area contributed by atoms with Crippen LogP contribution < -0.4 is 5.32 Å². The maximum atomic E-state index is 12.4. The molecule has 1 aromatic heterocycles. The van der Waals surface area contributed by atoms with Gasteiger partial charge in [-0.25, -0.2) is 4.63 Å². The highest BCUT2D eigenvalue weighted by atomic mass is 16.6. The Morgan fingerprint density at radius 3 is 2.85 bits per heavy atom. The minimum Gasteiger partial charge on any atom is -0.351 e. The molecule has 0 radical (unpaired) electrons. The summed E-state index contributed by atoms with van der Waals surface area (Å²) in [5.41, 5.74) is 2.23. The first-order valence-electron chi connectivity index (χ1n) is 8.92. The largest absolute Gasteiger partial charge is 0.351 e. The zero-order valence-electron chi connectivity index (χ0n) is 15.0. The summed E-state index contributed by atoms with van der Waals surface area (Å²) >= 11 is 0. The van der Waals surface area contributed by atoms with Gasteiger partial charge in [0.2, 0.25) is 11.8 Å². The van der Waals surface area contributed by atoms with Crippen LogP contribution in [0.2, 0.25) is 0 Å². The highest BCUT2D eigenvalue weighted by molar-refractivity contribution is 5.87. The molecule has 4 rings (SSSR count). The van der Waals surface area contributed by atoms with Crippen molar-refractivity contribution in [2.24, 2.45) is 0 Å². The van der Waals surface area contributed by atoms with Crippen LogP contribution in [0.4, 0.5) is 0 Å². The number of nitrogens with zero attached hydrogens (tertiary/aromatic N) is 3. The smallest absolute Gasteiger partial charge is 0.226 e. The fourth-order valence-electron chi connectivity index (χ4n) is 3.50. The number of hydrogen-bond acceptors (Lipinski definition) is 5. The predicted molar refractivity (Wildman–Crippen MR) is 98.7 cm³/mol. The van der Waals surface area contributed by atoms with E-state index in [2.05, 4.69) is 38.5 Å². The van der Waals surface area contributed by atoms with Gasteiger partial charge in [-0.3, -0.25) is 9.59 Å². The van der Waals surface area contributed by atoms with Gasteiger partial charge in [0, 0.05) is 19.5 Å². The van der Waals surface area contributed by atoms with Crippen molar-refractivity contribution in [3.05, 3.63) is 59.4 Å². The van der Waals surface area contributed by atoms with E-state index >= 15 is 0 Å². The van der Waals surface area contributed by atoms with Crippen LogP contribution >= 0.6 is 0 Å². The number of nitrogens with one attached hydrogen (secondary N) is 1. The lowest BCUT2D eigenvalue weighted by Crippen LogP contribution is -2.38. The Morgan fingerprint density at radius 1 is 1.22 bits per heavy atom. The molecule has 3 aromatic rings. The van der Waals surface area contributed by atoms with E-state index in [1.54, 1.807) is 11.8 Å². The molecule has 7 nitrogen and oxygen atoms in total. The minimum absolute atomic E-state index is 0.0486. The summed E-state index contributed by atoms with van der Waals surface area (Å²) in [5.74, 6) is -0.133. The highest BCUT2D eigenvalue weighted by Gasteiger charge is 2.31. The fourth-order valence-corrected chi connectivity index (χ4v) is 3.50. The SMILES string of the molecule is Cc1nonc1CC(=O)NC1CC(=O)N(Cc2cccc3ccccc23)C1. The number of aromatic nitrogens is 2.